The number of amides is 2. The van der Waals surface area contributed by atoms with E-state index in [2.05, 4.69) is 15.5 Å². The highest BCUT2D eigenvalue weighted by atomic mass is 35.5. The number of nitrogen functional groups attached to an aromatic ring is 1. The summed E-state index contributed by atoms with van der Waals surface area (Å²) in [6, 6.07) is 7.22. The van der Waals surface area contributed by atoms with Crippen molar-refractivity contribution in [2.24, 2.45) is 0 Å². The number of halogens is 2. The van der Waals surface area contributed by atoms with E-state index in [1.165, 1.54) is 0 Å². The highest BCUT2D eigenvalue weighted by molar-refractivity contribution is 5.99. The van der Waals surface area contributed by atoms with Crippen LogP contribution in [0, 0.1) is 0 Å². The number of carbonyl (C=O) groups excluding carboxylic acids is 2. The molecule has 1 aromatic carbocycles. The van der Waals surface area contributed by atoms with Crippen molar-refractivity contribution in [3.63, 3.8) is 0 Å². The summed E-state index contributed by atoms with van der Waals surface area (Å²) >= 11 is 0. The molecule has 0 radical (unpaired) electrons. The van der Waals surface area contributed by atoms with Crippen LogP contribution in [0.1, 0.15) is 36.5 Å². The first-order chi connectivity index (χ1) is 11.1. The van der Waals surface area contributed by atoms with E-state index in [-0.39, 0.29) is 42.7 Å². The Morgan fingerprint density at radius 2 is 1.84 bits per heavy atom. The smallest absolute Gasteiger partial charge is 0.253 e. The molecule has 1 fully saturated rings. The third kappa shape index (κ3) is 7.50. The number of hydrogen-bond acceptors (Lipinski definition) is 4. The number of para-hydroxylation sites is 1. The zero-order valence-electron chi connectivity index (χ0n) is 14.5. The minimum atomic E-state index is -0.123. The van der Waals surface area contributed by atoms with Crippen LogP contribution in [0.5, 0.6) is 0 Å². The van der Waals surface area contributed by atoms with Gasteiger partial charge < -0.3 is 16.4 Å². The van der Waals surface area contributed by atoms with Gasteiger partial charge in [0, 0.05) is 31.4 Å². The van der Waals surface area contributed by atoms with Crippen molar-refractivity contribution in [3.8, 4) is 0 Å². The maximum absolute atomic E-state index is 12.2. The van der Waals surface area contributed by atoms with Gasteiger partial charge in [-0.3, -0.25) is 14.5 Å². The molecule has 25 heavy (non-hydrogen) atoms. The van der Waals surface area contributed by atoms with E-state index in [1.807, 2.05) is 19.1 Å². The molecule has 1 aliphatic rings. The highest BCUT2D eigenvalue weighted by Gasteiger charge is 2.22. The fourth-order valence-electron chi connectivity index (χ4n) is 2.73. The third-order valence-electron chi connectivity index (χ3n) is 4.07. The maximum Gasteiger partial charge on any atom is 0.253 e. The molecule has 6 nitrogen and oxygen atoms in total. The quantitative estimate of drug-likeness (QED) is 0.646. The Bertz CT molecular complexity index is 549. The van der Waals surface area contributed by atoms with E-state index in [0.717, 1.165) is 38.9 Å². The summed E-state index contributed by atoms with van der Waals surface area (Å²) in [6.45, 7) is 4.83. The summed E-state index contributed by atoms with van der Waals surface area (Å²) < 4.78 is 0. The van der Waals surface area contributed by atoms with Crippen LogP contribution >= 0.6 is 24.8 Å². The number of anilines is 1. The van der Waals surface area contributed by atoms with Crippen molar-refractivity contribution in [1.29, 1.82) is 0 Å². The Kier molecular flexibility index (Phi) is 11.2. The second kappa shape index (κ2) is 12.0. The fourth-order valence-corrected chi connectivity index (χ4v) is 2.73. The molecular formula is C17H28Cl2N4O2. The van der Waals surface area contributed by atoms with Gasteiger partial charge >= 0.3 is 0 Å². The number of nitrogens with one attached hydrogen (secondary N) is 2. The van der Waals surface area contributed by atoms with Gasteiger partial charge in [0.1, 0.15) is 0 Å². The number of nitrogens with zero attached hydrogens (tertiary/aromatic N) is 1. The number of rotatable bonds is 6. The first-order valence-electron chi connectivity index (χ1n) is 8.24. The second-order valence-corrected chi connectivity index (χ2v) is 5.96. The predicted octanol–water partition coefficient (Wildman–Crippen LogP) is 1.83. The number of nitrogens with two attached hydrogens (primary N) is 1. The number of likely N-dealkylation sites (tertiary alicyclic amines) is 1. The number of carbonyl (C=O) groups is 2. The Balaban J connectivity index is 0.00000288. The van der Waals surface area contributed by atoms with Gasteiger partial charge in [-0.15, -0.1) is 24.8 Å². The van der Waals surface area contributed by atoms with E-state index >= 15 is 0 Å². The van der Waals surface area contributed by atoms with Crippen LogP contribution in [-0.4, -0.2) is 48.9 Å². The van der Waals surface area contributed by atoms with E-state index in [4.69, 9.17) is 5.73 Å². The molecule has 4 N–H and O–H groups in total. The zero-order valence-corrected chi connectivity index (χ0v) is 16.1. The first kappa shape index (κ1) is 23.5. The van der Waals surface area contributed by atoms with Gasteiger partial charge in [-0.05, 0) is 31.4 Å². The summed E-state index contributed by atoms with van der Waals surface area (Å²) in [5, 5.41) is 5.92. The lowest BCUT2D eigenvalue weighted by molar-refractivity contribution is -0.122. The average molecular weight is 391 g/mol. The summed E-state index contributed by atoms with van der Waals surface area (Å²) in [5.41, 5.74) is 6.85. The predicted molar refractivity (Wildman–Crippen MR) is 106 cm³/mol. The summed E-state index contributed by atoms with van der Waals surface area (Å²) in [6.07, 6.45) is 2.64. The standard InChI is InChI=1S/C17H26N4O2.2ClH/c1-2-9-19-16(22)12-21-10-7-13(8-11-21)20-17(23)14-5-3-4-6-15(14)18;;/h3-6,13H,2,7-12,18H2,1H3,(H,19,22)(H,20,23);2*1H. The van der Waals surface area contributed by atoms with Crippen LogP contribution in [0.2, 0.25) is 0 Å². The number of piperidine rings is 1. The largest absolute Gasteiger partial charge is 0.398 e. The molecule has 1 aromatic rings. The molecule has 1 heterocycles. The third-order valence-corrected chi connectivity index (χ3v) is 4.07. The van der Waals surface area contributed by atoms with Crippen LogP contribution in [0.15, 0.2) is 24.3 Å². The van der Waals surface area contributed by atoms with Gasteiger partial charge in [-0.2, -0.15) is 0 Å². The molecule has 2 amide bonds. The molecule has 0 aliphatic carbocycles. The fraction of sp³-hybridized carbons (Fsp3) is 0.529. The minimum absolute atomic E-state index is 0. The van der Waals surface area contributed by atoms with Crippen molar-refractivity contribution in [2.75, 3.05) is 31.9 Å². The van der Waals surface area contributed by atoms with Crippen LogP contribution < -0.4 is 16.4 Å². The second-order valence-electron chi connectivity index (χ2n) is 5.96. The molecule has 2 rings (SSSR count). The van der Waals surface area contributed by atoms with Gasteiger partial charge in [-0.25, -0.2) is 0 Å². The topological polar surface area (TPSA) is 87.5 Å². The number of hydrogen-bond donors (Lipinski definition) is 3. The minimum Gasteiger partial charge on any atom is -0.398 e. The van der Waals surface area contributed by atoms with E-state index < -0.39 is 0 Å². The van der Waals surface area contributed by atoms with Crippen molar-refractivity contribution in [3.05, 3.63) is 29.8 Å². The monoisotopic (exact) mass is 390 g/mol. The molecule has 8 heteroatoms. The molecule has 0 atom stereocenters. The first-order valence-corrected chi connectivity index (χ1v) is 8.24. The molecule has 0 bridgehead atoms. The summed E-state index contributed by atoms with van der Waals surface area (Å²) in [7, 11) is 0. The van der Waals surface area contributed by atoms with E-state index in [1.54, 1.807) is 12.1 Å². The van der Waals surface area contributed by atoms with E-state index in [9.17, 15) is 9.59 Å². The Morgan fingerprint density at radius 1 is 1.20 bits per heavy atom. The Labute approximate surface area is 161 Å². The summed E-state index contributed by atoms with van der Waals surface area (Å²) in [4.78, 5) is 26.1. The molecule has 142 valence electrons. The zero-order chi connectivity index (χ0) is 16.7. The molecule has 0 spiro atoms. The van der Waals surface area contributed by atoms with Crippen molar-refractivity contribution < 1.29 is 9.59 Å². The van der Waals surface area contributed by atoms with Crippen LogP contribution in [-0.2, 0) is 4.79 Å². The summed E-state index contributed by atoms with van der Waals surface area (Å²) in [5.74, 6) is -0.0476. The Hall–Kier alpha value is -1.50. The molecule has 1 aliphatic heterocycles. The lowest BCUT2D eigenvalue weighted by Gasteiger charge is -2.31. The van der Waals surface area contributed by atoms with Crippen molar-refractivity contribution in [2.45, 2.75) is 32.2 Å². The Morgan fingerprint density at radius 3 is 2.44 bits per heavy atom. The van der Waals surface area contributed by atoms with Gasteiger partial charge in [0.15, 0.2) is 0 Å². The molecule has 1 saturated heterocycles. The van der Waals surface area contributed by atoms with Crippen LogP contribution in [0.4, 0.5) is 5.69 Å². The van der Waals surface area contributed by atoms with Gasteiger partial charge in [0.2, 0.25) is 5.91 Å². The lowest BCUT2D eigenvalue weighted by Crippen LogP contribution is -2.47. The van der Waals surface area contributed by atoms with E-state index in [0.29, 0.717) is 17.8 Å². The van der Waals surface area contributed by atoms with Gasteiger partial charge in [0.25, 0.3) is 5.91 Å². The van der Waals surface area contributed by atoms with Crippen molar-refractivity contribution in [1.82, 2.24) is 15.5 Å². The van der Waals surface area contributed by atoms with Crippen LogP contribution in [0.3, 0.4) is 0 Å². The number of benzene rings is 1. The molecular weight excluding hydrogens is 363 g/mol. The van der Waals surface area contributed by atoms with Crippen molar-refractivity contribution >= 4 is 42.3 Å². The highest BCUT2D eigenvalue weighted by Crippen LogP contribution is 2.14. The molecule has 0 aromatic heterocycles. The molecule has 0 unspecified atom stereocenters. The molecule has 0 saturated carbocycles. The van der Waals surface area contributed by atoms with Gasteiger partial charge in [0.05, 0.1) is 12.1 Å². The SMILES string of the molecule is CCCNC(=O)CN1CCC(NC(=O)c2ccccc2N)CC1.Cl.Cl. The lowest BCUT2D eigenvalue weighted by atomic mass is 10.0. The average Bonchev–Trinajstić information content (AvgIpc) is 2.55. The normalized spacial score (nSPS) is 14.8. The van der Waals surface area contributed by atoms with Crippen LogP contribution in [0.25, 0.3) is 0 Å². The maximum atomic E-state index is 12.2. The van der Waals surface area contributed by atoms with Gasteiger partial charge in [-0.1, -0.05) is 19.1 Å².